The first-order valence-corrected chi connectivity index (χ1v) is 7.09. The minimum atomic E-state index is -0.0686. The van der Waals surface area contributed by atoms with Crippen molar-refractivity contribution in [1.29, 1.82) is 0 Å². The van der Waals surface area contributed by atoms with Gasteiger partial charge in [-0.15, -0.1) is 0 Å². The Morgan fingerprint density at radius 2 is 2.17 bits per heavy atom. The molecule has 2 aromatic rings. The molecule has 1 atom stereocenters. The van der Waals surface area contributed by atoms with Gasteiger partial charge in [-0.1, -0.05) is 5.16 Å². The summed E-state index contributed by atoms with van der Waals surface area (Å²) in [4.78, 5) is 13.7. The molecule has 0 saturated carbocycles. The van der Waals surface area contributed by atoms with Crippen molar-refractivity contribution in [2.45, 2.75) is 20.0 Å². The standard InChI is InChI=1S/C15H21N5O3/c1-10-7-20(9-17-10)13-6-5-12(18-15(13)22-4)14(16)19-23-8-11(2)21-3/h5-7,9,11H,8H2,1-4H3,(H2,16,19). The van der Waals surface area contributed by atoms with Crippen LogP contribution in [-0.2, 0) is 9.57 Å². The van der Waals surface area contributed by atoms with Crippen LogP contribution in [0.3, 0.4) is 0 Å². The maximum Gasteiger partial charge on any atom is 0.238 e. The van der Waals surface area contributed by atoms with Crippen LogP contribution in [-0.4, -0.2) is 47.3 Å². The van der Waals surface area contributed by atoms with Gasteiger partial charge in [0.1, 0.15) is 18.0 Å². The van der Waals surface area contributed by atoms with Gasteiger partial charge in [-0.3, -0.25) is 0 Å². The van der Waals surface area contributed by atoms with Crippen molar-refractivity contribution in [3.8, 4) is 11.6 Å². The van der Waals surface area contributed by atoms with Crippen molar-refractivity contribution in [3.05, 3.63) is 36.0 Å². The van der Waals surface area contributed by atoms with Gasteiger partial charge >= 0.3 is 0 Å². The topological polar surface area (TPSA) is 96.8 Å². The molecule has 2 rings (SSSR count). The number of hydrogen-bond donors (Lipinski definition) is 1. The zero-order valence-corrected chi connectivity index (χ0v) is 13.7. The van der Waals surface area contributed by atoms with Crippen LogP contribution in [0.1, 0.15) is 18.3 Å². The van der Waals surface area contributed by atoms with Crippen molar-refractivity contribution >= 4 is 5.84 Å². The Balaban J connectivity index is 2.19. The van der Waals surface area contributed by atoms with E-state index >= 15 is 0 Å². The molecule has 0 bridgehead atoms. The van der Waals surface area contributed by atoms with Crippen LogP contribution < -0.4 is 10.5 Å². The Bertz CT molecular complexity index is 684. The zero-order chi connectivity index (χ0) is 16.8. The van der Waals surface area contributed by atoms with E-state index in [0.717, 1.165) is 11.4 Å². The molecule has 0 aliphatic carbocycles. The fourth-order valence-corrected chi connectivity index (χ4v) is 1.80. The highest BCUT2D eigenvalue weighted by Gasteiger charge is 2.11. The molecule has 2 aromatic heterocycles. The number of aromatic nitrogens is 3. The van der Waals surface area contributed by atoms with Gasteiger partial charge in [0.15, 0.2) is 5.84 Å². The van der Waals surface area contributed by atoms with Crippen LogP contribution in [0.15, 0.2) is 29.8 Å². The molecular weight excluding hydrogens is 298 g/mol. The van der Waals surface area contributed by atoms with Crippen LogP contribution in [0, 0.1) is 6.92 Å². The monoisotopic (exact) mass is 319 g/mol. The van der Waals surface area contributed by atoms with E-state index in [1.165, 1.54) is 0 Å². The van der Waals surface area contributed by atoms with Gasteiger partial charge in [-0.05, 0) is 26.0 Å². The Kier molecular flexibility index (Phi) is 5.53. The van der Waals surface area contributed by atoms with Crippen LogP contribution in [0.5, 0.6) is 5.88 Å². The minimum Gasteiger partial charge on any atom is -0.479 e. The molecule has 0 fully saturated rings. The summed E-state index contributed by atoms with van der Waals surface area (Å²) < 4.78 is 12.2. The van der Waals surface area contributed by atoms with Gasteiger partial charge in [-0.2, -0.15) is 0 Å². The summed E-state index contributed by atoms with van der Waals surface area (Å²) in [6.45, 7) is 4.09. The zero-order valence-electron chi connectivity index (χ0n) is 13.7. The number of hydrogen-bond acceptors (Lipinski definition) is 6. The molecule has 0 radical (unpaired) electrons. The fraction of sp³-hybridized carbons (Fsp3) is 0.400. The largest absolute Gasteiger partial charge is 0.479 e. The van der Waals surface area contributed by atoms with Crippen molar-refractivity contribution in [1.82, 2.24) is 14.5 Å². The lowest BCUT2D eigenvalue weighted by Gasteiger charge is -2.10. The fourth-order valence-electron chi connectivity index (χ4n) is 1.80. The molecule has 0 amide bonds. The Hall–Kier alpha value is -2.61. The van der Waals surface area contributed by atoms with Gasteiger partial charge in [0.25, 0.3) is 0 Å². The number of aryl methyl sites for hydroxylation is 1. The first-order chi connectivity index (χ1) is 11.0. The van der Waals surface area contributed by atoms with Crippen LogP contribution in [0.2, 0.25) is 0 Å². The van der Waals surface area contributed by atoms with Gasteiger partial charge in [0.2, 0.25) is 5.88 Å². The summed E-state index contributed by atoms with van der Waals surface area (Å²) in [5.41, 5.74) is 8.01. The number of methoxy groups -OCH3 is 2. The lowest BCUT2D eigenvalue weighted by Crippen LogP contribution is -2.18. The second-order valence-electron chi connectivity index (χ2n) is 4.97. The molecule has 1 unspecified atom stereocenters. The summed E-state index contributed by atoms with van der Waals surface area (Å²) in [6.07, 6.45) is 3.51. The summed E-state index contributed by atoms with van der Waals surface area (Å²) in [5.74, 6) is 0.586. The third-order valence-electron chi connectivity index (χ3n) is 3.16. The van der Waals surface area contributed by atoms with Crippen molar-refractivity contribution in [2.24, 2.45) is 10.9 Å². The number of imidazole rings is 1. The number of nitrogens with two attached hydrogens (primary N) is 1. The second kappa shape index (κ2) is 7.59. The number of pyridine rings is 1. The van der Waals surface area contributed by atoms with Crippen LogP contribution in [0.25, 0.3) is 5.69 Å². The van der Waals surface area contributed by atoms with E-state index in [4.69, 9.17) is 20.0 Å². The summed E-state index contributed by atoms with van der Waals surface area (Å²) in [5, 5.41) is 3.84. The Morgan fingerprint density at radius 3 is 2.78 bits per heavy atom. The lowest BCUT2D eigenvalue weighted by atomic mass is 10.3. The smallest absolute Gasteiger partial charge is 0.238 e. The highest BCUT2D eigenvalue weighted by molar-refractivity contribution is 5.95. The Labute approximate surface area is 134 Å². The average molecular weight is 319 g/mol. The number of nitrogens with zero attached hydrogens (tertiary/aromatic N) is 4. The number of oxime groups is 1. The third kappa shape index (κ3) is 4.19. The maximum absolute atomic E-state index is 5.89. The summed E-state index contributed by atoms with van der Waals surface area (Å²) in [6, 6.07) is 3.58. The second-order valence-corrected chi connectivity index (χ2v) is 4.97. The average Bonchev–Trinajstić information content (AvgIpc) is 3.00. The molecular formula is C15H21N5O3. The first-order valence-electron chi connectivity index (χ1n) is 7.09. The Morgan fingerprint density at radius 1 is 1.39 bits per heavy atom. The minimum absolute atomic E-state index is 0.0686. The molecule has 2 N–H and O–H groups in total. The molecule has 23 heavy (non-hydrogen) atoms. The van der Waals surface area contributed by atoms with Gasteiger partial charge in [0, 0.05) is 13.3 Å². The van der Waals surface area contributed by atoms with E-state index in [0.29, 0.717) is 18.2 Å². The van der Waals surface area contributed by atoms with Gasteiger partial charge in [0.05, 0.1) is 25.2 Å². The quantitative estimate of drug-likeness (QED) is 0.469. The van der Waals surface area contributed by atoms with Crippen molar-refractivity contribution < 1.29 is 14.3 Å². The molecule has 0 aliphatic heterocycles. The highest BCUT2D eigenvalue weighted by Crippen LogP contribution is 2.20. The van der Waals surface area contributed by atoms with E-state index in [2.05, 4.69) is 15.1 Å². The SMILES string of the molecule is COc1nc(/C(N)=N/OCC(C)OC)ccc1-n1cnc(C)c1. The summed E-state index contributed by atoms with van der Waals surface area (Å²) >= 11 is 0. The number of rotatable bonds is 7. The van der Waals surface area contributed by atoms with Crippen molar-refractivity contribution in [3.63, 3.8) is 0 Å². The van der Waals surface area contributed by atoms with Crippen LogP contribution in [0.4, 0.5) is 0 Å². The summed E-state index contributed by atoms with van der Waals surface area (Å²) in [7, 11) is 3.15. The lowest BCUT2D eigenvalue weighted by molar-refractivity contribution is 0.0209. The maximum atomic E-state index is 5.89. The predicted molar refractivity (Wildman–Crippen MR) is 85.8 cm³/mol. The molecule has 2 heterocycles. The van der Waals surface area contributed by atoms with E-state index in [9.17, 15) is 0 Å². The van der Waals surface area contributed by atoms with E-state index in [-0.39, 0.29) is 11.9 Å². The van der Waals surface area contributed by atoms with E-state index in [1.807, 2.05) is 30.7 Å². The normalized spacial score (nSPS) is 13.0. The van der Waals surface area contributed by atoms with E-state index < -0.39 is 0 Å². The van der Waals surface area contributed by atoms with Gasteiger partial charge < -0.3 is 24.6 Å². The third-order valence-corrected chi connectivity index (χ3v) is 3.16. The number of ether oxygens (including phenoxy) is 2. The number of amidine groups is 1. The highest BCUT2D eigenvalue weighted by atomic mass is 16.6. The van der Waals surface area contributed by atoms with Crippen LogP contribution >= 0.6 is 0 Å². The molecule has 8 heteroatoms. The molecule has 8 nitrogen and oxygen atoms in total. The molecule has 0 aliphatic rings. The van der Waals surface area contributed by atoms with E-state index in [1.54, 1.807) is 26.6 Å². The molecule has 124 valence electrons. The van der Waals surface area contributed by atoms with Crippen molar-refractivity contribution in [2.75, 3.05) is 20.8 Å². The molecule has 0 aromatic carbocycles. The predicted octanol–water partition coefficient (Wildman–Crippen LogP) is 1.26. The first kappa shape index (κ1) is 16.8. The molecule has 0 saturated heterocycles. The van der Waals surface area contributed by atoms with Gasteiger partial charge in [-0.25, -0.2) is 9.97 Å². The molecule has 0 spiro atoms.